The molecule has 1 aromatic rings. The normalized spacial score (nSPS) is 10.7. The predicted molar refractivity (Wildman–Crippen MR) is 47.3 cm³/mol. The van der Waals surface area contributed by atoms with E-state index in [9.17, 15) is 4.79 Å². The molecule has 0 saturated heterocycles. The third-order valence-corrected chi connectivity index (χ3v) is 1.64. The van der Waals surface area contributed by atoms with Crippen molar-refractivity contribution in [3.05, 3.63) is 23.7 Å². The van der Waals surface area contributed by atoms with Crippen molar-refractivity contribution in [3.63, 3.8) is 0 Å². The highest BCUT2D eigenvalue weighted by Crippen LogP contribution is 2.12. The molecule has 2 nitrogen and oxygen atoms in total. The van der Waals surface area contributed by atoms with Gasteiger partial charge in [-0.2, -0.15) is 0 Å². The number of ketones is 1. The van der Waals surface area contributed by atoms with Gasteiger partial charge in [0.25, 0.3) is 0 Å². The molecular weight excluding hydrogens is 152 g/mol. The standard InChI is InChI=1S/C10H14O2/c1-7(2)4-9-5-10(8(3)11)12-6-9/h5-7H,4H2,1-3H3. The van der Waals surface area contributed by atoms with E-state index < -0.39 is 0 Å². The van der Waals surface area contributed by atoms with Gasteiger partial charge >= 0.3 is 0 Å². The zero-order chi connectivity index (χ0) is 9.14. The summed E-state index contributed by atoms with van der Waals surface area (Å²) in [4.78, 5) is 10.9. The Morgan fingerprint density at radius 1 is 1.58 bits per heavy atom. The average molecular weight is 166 g/mol. The van der Waals surface area contributed by atoms with Gasteiger partial charge in [-0.3, -0.25) is 4.79 Å². The third-order valence-electron chi connectivity index (χ3n) is 1.64. The fraction of sp³-hybridized carbons (Fsp3) is 0.500. The Morgan fingerprint density at radius 3 is 2.67 bits per heavy atom. The third kappa shape index (κ3) is 2.22. The second-order valence-electron chi connectivity index (χ2n) is 3.47. The molecule has 0 N–H and O–H groups in total. The number of furan rings is 1. The van der Waals surface area contributed by atoms with Crippen LogP contribution in [0.5, 0.6) is 0 Å². The molecule has 12 heavy (non-hydrogen) atoms. The van der Waals surface area contributed by atoms with E-state index in [2.05, 4.69) is 13.8 Å². The van der Waals surface area contributed by atoms with Crippen LogP contribution in [-0.2, 0) is 6.42 Å². The monoisotopic (exact) mass is 166 g/mol. The maximum Gasteiger partial charge on any atom is 0.194 e. The molecule has 0 amide bonds. The van der Waals surface area contributed by atoms with Crippen molar-refractivity contribution in [2.75, 3.05) is 0 Å². The van der Waals surface area contributed by atoms with Crippen LogP contribution < -0.4 is 0 Å². The summed E-state index contributed by atoms with van der Waals surface area (Å²) >= 11 is 0. The molecule has 66 valence electrons. The first-order valence-corrected chi connectivity index (χ1v) is 4.18. The molecule has 0 atom stereocenters. The lowest BCUT2D eigenvalue weighted by molar-refractivity contribution is 0.0987. The van der Waals surface area contributed by atoms with Crippen molar-refractivity contribution >= 4 is 5.78 Å². The molecule has 1 heterocycles. The summed E-state index contributed by atoms with van der Waals surface area (Å²) in [6, 6.07) is 1.82. The zero-order valence-corrected chi connectivity index (χ0v) is 7.76. The van der Waals surface area contributed by atoms with Gasteiger partial charge in [-0.05, 0) is 24.0 Å². The average Bonchev–Trinajstić information content (AvgIpc) is 2.34. The first kappa shape index (κ1) is 9.04. The highest BCUT2D eigenvalue weighted by atomic mass is 16.3. The first-order valence-electron chi connectivity index (χ1n) is 4.18. The number of hydrogen-bond acceptors (Lipinski definition) is 2. The Labute approximate surface area is 72.6 Å². The van der Waals surface area contributed by atoms with Crippen LogP contribution in [0.1, 0.15) is 36.9 Å². The molecular formula is C10H14O2. The zero-order valence-electron chi connectivity index (χ0n) is 7.76. The molecule has 0 spiro atoms. The predicted octanol–water partition coefficient (Wildman–Crippen LogP) is 2.68. The lowest BCUT2D eigenvalue weighted by Crippen LogP contribution is -1.92. The van der Waals surface area contributed by atoms with Gasteiger partial charge in [0.2, 0.25) is 0 Å². The molecule has 0 aliphatic carbocycles. The van der Waals surface area contributed by atoms with Crippen LogP contribution >= 0.6 is 0 Å². The summed E-state index contributed by atoms with van der Waals surface area (Å²) in [6.07, 6.45) is 2.63. The Balaban J connectivity index is 2.71. The second-order valence-corrected chi connectivity index (χ2v) is 3.47. The largest absolute Gasteiger partial charge is 0.461 e. The van der Waals surface area contributed by atoms with Crippen molar-refractivity contribution < 1.29 is 9.21 Å². The van der Waals surface area contributed by atoms with E-state index in [-0.39, 0.29) is 5.78 Å². The van der Waals surface area contributed by atoms with Crippen LogP contribution in [0.2, 0.25) is 0 Å². The minimum absolute atomic E-state index is 0.00925. The minimum atomic E-state index is -0.00925. The molecule has 0 aliphatic rings. The van der Waals surface area contributed by atoms with Gasteiger partial charge in [0.1, 0.15) is 0 Å². The van der Waals surface area contributed by atoms with Crippen molar-refractivity contribution in [2.45, 2.75) is 27.2 Å². The van der Waals surface area contributed by atoms with Gasteiger partial charge in [-0.1, -0.05) is 13.8 Å². The molecule has 1 rings (SSSR count). The van der Waals surface area contributed by atoms with Crippen LogP contribution in [0.25, 0.3) is 0 Å². The lowest BCUT2D eigenvalue weighted by Gasteiger charge is -1.98. The van der Waals surface area contributed by atoms with Crippen molar-refractivity contribution in [2.24, 2.45) is 5.92 Å². The minimum Gasteiger partial charge on any atom is -0.461 e. The van der Waals surface area contributed by atoms with Gasteiger partial charge in [0, 0.05) is 6.92 Å². The Morgan fingerprint density at radius 2 is 2.25 bits per heavy atom. The van der Waals surface area contributed by atoms with Crippen molar-refractivity contribution in [1.29, 1.82) is 0 Å². The fourth-order valence-corrected chi connectivity index (χ4v) is 1.14. The number of Topliss-reactive ketones (excluding diaryl/α,β-unsaturated/α-hetero) is 1. The van der Waals surface area contributed by atoms with Crippen LogP contribution in [0.4, 0.5) is 0 Å². The summed E-state index contributed by atoms with van der Waals surface area (Å²) in [5.74, 6) is 1.05. The molecule has 0 fully saturated rings. The Kier molecular flexibility index (Phi) is 2.69. The molecule has 0 saturated carbocycles. The van der Waals surface area contributed by atoms with E-state index in [1.807, 2.05) is 6.07 Å². The van der Waals surface area contributed by atoms with Crippen molar-refractivity contribution in [1.82, 2.24) is 0 Å². The SMILES string of the molecule is CC(=O)c1cc(CC(C)C)co1. The van der Waals surface area contributed by atoms with E-state index in [1.165, 1.54) is 6.92 Å². The summed E-state index contributed by atoms with van der Waals surface area (Å²) in [6.45, 7) is 5.79. The highest BCUT2D eigenvalue weighted by molar-refractivity contribution is 5.91. The number of carbonyl (C=O) groups is 1. The summed E-state index contributed by atoms with van der Waals surface area (Å²) in [5, 5.41) is 0. The van der Waals surface area contributed by atoms with Crippen LogP contribution in [0.15, 0.2) is 16.7 Å². The van der Waals surface area contributed by atoms with E-state index in [0.29, 0.717) is 11.7 Å². The van der Waals surface area contributed by atoms with Gasteiger partial charge in [-0.25, -0.2) is 0 Å². The molecule has 0 aliphatic heterocycles. The maximum absolute atomic E-state index is 10.9. The number of carbonyl (C=O) groups excluding carboxylic acids is 1. The van der Waals surface area contributed by atoms with E-state index >= 15 is 0 Å². The van der Waals surface area contributed by atoms with Gasteiger partial charge in [0.15, 0.2) is 11.5 Å². The summed E-state index contributed by atoms with van der Waals surface area (Å²) in [7, 11) is 0. The van der Waals surface area contributed by atoms with Gasteiger partial charge in [0.05, 0.1) is 6.26 Å². The Hall–Kier alpha value is -1.05. The lowest BCUT2D eigenvalue weighted by atomic mass is 10.1. The number of hydrogen-bond donors (Lipinski definition) is 0. The molecule has 2 heteroatoms. The first-order chi connectivity index (χ1) is 5.59. The molecule has 0 aromatic carbocycles. The Bertz CT molecular complexity index is 271. The quantitative estimate of drug-likeness (QED) is 0.646. The number of rotatable bonds is 3. The molecule has 1 aromatic heterocycles. The smallest absolute Gasteiger partial charge is 0.194 e. The molecule has 0 bridgehead atoms. The molecule has 0 radical (unpaired) electrons. The van der Waals surface area contributed by atoms with E-state index in [4.69, 9.17) is 4.42 Å². The molecule has 0 unspecified atom stereocenters. The van der Waals surface area contributed by atoms with Crippen LogP contribution in [-0.4, -0.2) is 5.78 Å². The highest BCUT2D eigenvalue weighted by Gasteiger charge is 2.06. The van der Waals surface area contributed by atoms with Gasteiger partial charge < -0.3 is 4.42 Å². The van der Waals surface area contributed by atoms with E-state index in [0.717, 1.165) is 12.0 Å². The van der Waals surface area contributed by atoms with Crippen LogP contribution in [0.3, 0.4) is 0 Å². The van der Waals surface area contributed by atoms with E-state index in [1.54, 1.807) is 6.26 Å². The van der Waals surface area contributed by atoms with Crippen LogP contribution in [0, 0.1) is 5.92 Å². The summed E-state index contributed by atoms with van der Waals surface area (Å²) in [5.41, 5.74) is 1.11. The fourth-order valence-electron chi connectivity index (χ4n) is 1.14. The maximum atomic E-state index is 10.9. The van der Waals surface area contributed by atoms with Crippen molar-refractivity contribution in [3.8, 4) is 0 Å². The van der Waals surface area contributed by atoms with Gasteiger partial charge in [-0.15, -0.1) is 0 Å². The summed E-state index contributed by atoms with van der Waals surface area (Å²) < 4.78 is 5.08. The second kappa shape index (κ2) is 3.57. The topological polar surface area (TPSA) is 30.2 Å².